The smallest absolute Gasteiger partial charge is 0.0502 e. The van der Waals surface area contributed by atoms with E-state index in [1.807, 2.05) is 12.3 Å². The Morgan fingerprint density at radius 3 is 2.72 bits per heavy atom. The molecular weight excluding hydrogens is 244 g/mol. The molecule has 1 saturated carbocycles. The summed E-state index contributed by atoms with van der Waals surface area (Å²) in [5.74, 6) is 0. The van der Waals surface area contributed by atoms with Crippen molar-refractivity contribution in [2.75, 3.05) is 6.54 Å². The van der Waals surface area contributed by atoms with Gasteiger partial charge < -0.3 is 10.7 Å². The van der Waals surface area contributed by atoms with Crippen LogP contribution in [-0.2, 0) is 5.41 Å². The Hall–Kier alpha value is -0.990. The van der Waals surface area contributed by atoms with Gasteiger partial charge in [-0.25, -0.2) is 0 Å². The fraction of sp³-hybridized carbons (Fsp3) is 0.467. The van der Waals surface area contributed by atoms with Crippen LogP contribution in [0.25, 0.3) is 10.9 Å². The predicted molar refractivity (Wildman–Crippen MR) is 77.1 cm³/mol. The van der Waals surface area contributed by atoms with Crippen molar-refractivity contribution in [2.24, 2.45) is 5.73 Å². The van der Waals surface area contributed by atoms with Crippen LogP contribution in [0.2, 0.25) is 5.02 Å². The highest BCUT2D eigenvalue weighted by molar-refractivity contribution is 6.35. The first kappa shape index (κ1) is 12.1. The van der Waals surface area contributed by atoms with Gasteiger partial charge in [0.25, 0.3) is 0 Å². The maximum Gasteiger partial charge on any atom is 0.0502 e. The lowest BCUT2D eigenvalue weighted by Gasteiger charge is -2.37. The van der Waals surface area contributed by atoms with Crippen LogP contribution in [0.4, 0.5) is 0 Å². The summed E-state index contributed by atoms with van der Waals surface area (Å²) in [6, 6.07) is 6.38. The van der Waals surface area contributed by atoms with Crippen molar-refractivity contribution in [2.45, 2.75) is 37.5 Å². The summed E-state index contributed by atoms with van der Waals surface area (Å²) in [6.07, 6.45) is 8.20. The van der Waals surface area contributed by atoms with Crippen LogP contribution >= 0.6 is 11.6 Å². The number of halogens is 1. The Morgan fingerprint density at radius 2 is 2.00 bits per heavy atom. The summed E-state index contributed by atoms with van der Waals surface area (Å²) >= 11 is 6.38. The summed E-state index contributed by atoms with van der Waals surface area (Å²) in [4.78, 5) is 3.26. The van der Waals surface area contributed by atoms with E-state index in [1.54, 1.807) is 0 Å². The first-order valence-electron chi connectivity index (χ1n) is 6.72. The minimum Gasteiger partial charge on any atom is -0.361 e. The van der Waals surface area contributed by atoms with Gasteiger partial charge >= 0.3 is 0 Å². The number of fused-ring (bicyclic) bond motifs is 1. The molecule has 2 nitrogen and oxygen atoms in total. The van der Waals surface area contributed by atoms with Crippen LogP contribution < -0.4 is 5.73 Å². The molecule has 0 spiro atoms. The van der Waals surface area contributed by atoms with Crippen molar-refractivity contribution in [3.8, 4) is 0 Å². The molecule has 1 heterocycles. The predicted octanol–water partition coefficient (Wildman–Crippen LogP) is 3.98. The highest BCUT2D eigenvalue weighted by atomic mass is 35.5. The molecule has 3 heteroatoms. The molecule has 0 aliphatic heterocycles. The Morgan fingerprint density at radius 1 is 1.22 bits per heavy atom. The number of H-pyrrole nitrogens is 1. The molecule has 96 valence electrons. The molecule has 1 aromatic heterocycles. The van der Waals surface area contributed by atoms with Gasteiger partial charge in [-0.05, 0) is 36.6 Å². The highest BCUT2D eigenvalue weighted by Crippen LogP contribution is 2.40. The van der Waals surface area contributed by atoms with Crippen molar-refractivity contribution in [1.29, 1.82) is 0 Å². The van der Waals surface area contributed by atoms with Crippen LogP contribution in [0.15, 0.2) is 24.4 Å². The van der Waals surface area contributed by atoms with Crippen LogP contribution in [0, 0.1) is 0 Å². The molecular formula is C15H19ClN2. The van der Waals surface area contributed by atoms with Crippen molar-refractivity contribution in [1.82, 2.24) is 4.98 Å². The van der Waals surface area contributed by atoms with Crippen LogP contribution in [0.1, 0.15) is 37.7 Å². The third kappa shape index (κ3) is 1.84. The van der Waals surface area contributed by atoms with E-state index < -0.39 is 0 Å². The fourth-order valence-corrected chi connectivity index (χ4v) is 3.55. The summed E-state index contributed by atoms with van der Waals surface area (Å²) in [5.41, 5.74) is 8.66. The van der Waals surface area contributed by atoms with Gasteiger partial charge in [0.15, 0.2) is 0 Å². The lowest BCUT2D eigenvalue weighted by molar-refractivity contribution is 0.301. The van der Waals surface area contributed by atoms with E-state index in [0.29, 0.717) is 0 Å². The van der Waals surface area contributed by atoms with Crippen LogP contribution in [0.5, 0.6) is 0 Å². The van der Waals surface area contributed by atoms with Crippen molar-refractivity contribution < 1.29 is 0 Å². The normalized spacial score (nSPS) is 19.2. The van der Waals surface area contributed by atoms with E-state index in [0.717, 1.165) is 22.5 Å². The lowest BCUT2D eigenvalue weighted by atomic mass is 9.69. The number of hydrogen-bond donors (Lipinski definition) is 2. The molecule has 1 aliphatic rings. The zero-order valence-electron chi connectivity index (χ0n) is 10.5. The number of hydrogen-bond acceptors (Lipinski definition) is 1. The monoisotopic (exact) mass is 262 g/mol. The average molecular weight is 263 g/mol. The zero-order valence-corrected chi connectivity index (χ0v) is 11.3. The van der Waals surface area contributed by atoms with Crippen LogP contribution in [0.3, 0.4) is 0 Å². The molecule has 18 heavy (non-hydrogen) atoms. The first-order chi connectivity index (χ1) is 8.75. The first-order valence-corrected chi connectivity index (χ1v) is 7.10. The fourth-order valence-electron chi connectivity index (χ4n) is 3.27. The molecule has 0 bridgehead atoms. The number of benzene rings is 1. The second-order valence-electron chi connectivity index (χ2n) is 5.44. The van der Waals surface area contributed by atoms with Gasteiger partial charge in [0.2, 0.25) is 0 Å². The number of aromatic amines is 1. The Balaban J connectivity index is 2.11. The number of aromatic nitrogens is 1. The highest BCUT2D eigenvalue weighted by Gasteiger charge is 2.33. The van der Waals surface area contributed by atoms with E-state index in [1.165, 1.54) is 37.7 Å². The maximum absolute atomic E-state index is 6.38. The summed E-state index contributed by atoms with van der Waals surface area (Å²) in [6.45, 7) is 0.718. The third-order valence-corrected chi connectivity index (χ3v) is 4.74. The van der Waals surface area contributed by atoms with Gasteiger partial charge in [-0.1, -0.05) is 30.9 Å². The molecule has 0 unspecified atom stereocenters. The van der Waals surface area contributed by atoms with Gasteiger partial charge in [0.1, 0.15) is 0 Å². The van der Waals surface area contributed by atoms with Crippen molar-refractivity contribution >= 4 is 22.5 Å². The van der Waals surface area contributed by atoms with E-state index >= 15 is 0 Å². The molecule has 0 atom stereocenters. The van der Waals surface area contributed by atoms with Crippen molar-refractivity contribution in [3.63, 3.8) is 0 Å². The molecule has 3 N–H and O–H groups in total. The van der Waals surface area contributed by atoms with Crippen LogP contribution in [-0.4, -0.2) is 11.5 Å². The molecule has 3 rings (SSSR count). The Labute approximate surface area is 113 Å². The van der Waals surface area contributed by atoms with Gasteiger partial charge in [0, 0.05) is 29.1 Å². The summed E-state index contributed by atoms with van der Waals surface area (Å²) in [7, 11) is 0. The molecule has 0 radical (unpaired) electrons. The minimum atomic E-state index is 0.140. The molecule has 0 saturated heterocycles. The SMILES string of the molecule is NCC1(c2cc(Cl)c3cc[nH]c3c2)CCCCC1. The molecule has 1 aromatic carbocycles. The summed E-state index contributed by atoms with van der Waals surface area (Å²) in [5, 5.41) is 1.94. The molecule has 1 fully saturated rings. The zero-order chi connectivity index (χ0) is 12.6. The topological polar surface area (TPSA) is 41.8 Å². The second kappa shape index (κ2) is 4.60. The summed E-state index contributed by atoms with van der Waals surface area (Å²) < 4.78 is 0. The quantitative estimate of drug-likeness (QED) is 0.845. The van der Waals surface area contributed by atoms with Gasteiger partial charge in [-0.2, -0.15) is 0 Å². The van der Waals surface area contributed by atoms with E-state index in [9.17, 15) is 0 Å². The second-order valence-corrected chi connectivity index (χ2v) is 5.85. The standard InChI is InChI=1S/C15H19ClN2/c16-13-8-11(9-14-12(13)4-7-18-14)15(10-17)5-2-1-3-6-15/h4,7-9,18H,1-3,5-6,10,17H2. The molecule has 1 aliphatic carbocycles. The average Bonchev–Trinajstić information content (AvgIpc) is 2.88. The third-order valence-electron chi connectivity index (χ3n) is 4.43. The van der Waals surface area contributed by atoms with E-state index in [2.05, 4.69) is 17.1 Å². The van der Waals surface area contributed by atoms with Gasteiger partial charge in [-0.3, -0.25) is 0 Å². The Kier molecular flexibility index (Phi) is 3.08. The lowest BCUT2D eigenvalue weighted by Crippen LogP contribution is -2.37. The van der Waals surface area contributed by atoms with Gasteiger partial charge in [0.05, 0.1) is 5.02 Å². The number of nitrogens with one attached hydrogen (secondary N) is 1. The molecule has 0 amide bonds. The van der Waals surface area contributed by atoms with E-state index in [-0.39, 0.29) is 5.41 Å². The maximum atomic E-state index is 6.38. The minimum absolute atomic E-state index is 0.140. The Bertz CT molecular complexity index is 553. The number of nitrogens with two attached hydrogens (primary N) is 1. The largest absolute Gasteiger partial charge is 0.361 e. The van der Waals surface area contributed by atoms with Gasteiger partial charge in [-0.15, -0.1) is 0 Å². The van der Waals surface area contributed by atoms with E-state index in [4.69, 9.17) is 17.3 Å². The number of rotatable bonds is 2. The molecule has 2 aromatic rings. The van der Waals surface area contributed by atoms with Crippen molar-refractivity contribution in [3.05, 3.63) is 35.0 Å².